The molecular weight excluding hydrogens is 304 g/mol. The lowest BCUT2D eigenvalue weighted by Gasteiger charge is -2.10. The van der Waals surface area contributed by atoms with Crippen molar-refractivity contribution in [3.8, 4) is 5.75 Å². The van der Waals surface area contributed by atoms with E-state index in [0.717, 1.165) is 29.7 Å². The summed E-state index contributed by atoms with van der Waals surface area (Å²) in [4.78, 5) is 11.7. The van der Waals surface area contributed by atoms with Gasteiger partial charge in [0.2, 0.25) is 0 Å². The first-order valence-electron chi connectivity index (χ1n) is 8.13. The Morgan fingerprint density at radius 2 is 1.58 bits per heavy atom. The second-order valence-corrected chi connectivity index (χ2v) is 5.52. The molecule has 2 aromatic carbocycles. The van der Waals surface area contributed by atoms with Crippen LogP contribution in [0.3, 0.4) is 0 Å². The van der Waals surface area contributed by atoms with E-state index in [1.54, 1.807) is 0 Å². The van der Waals surface area contributed by atoms with Gasteiger partial charge in [-0.25, -0.2) is 4.79 Å². The molecule has 2 rings (SSSR count). The van der Waals surface area contributed by atoms with Crippen LogP contribution in [0.25, 0.3) is 0 Å². The van der Waals surface area contributed by atoms with Crippen LogP contribution in [0.4, 0.5) is 4.79 Å². The zero-order valence-corrected chi connectivity index (χ0v) is 13.9. The summed E-state index contributed by atoms with van der Waals surface area (Å²) in [5.41, 5.74) is 3.10. The molecule has 0 aliphatic carbocycles. The third kappa shape index (κ3) is 5.93. The number of urea groups is 1. The number of nitrogens with one attached hydrogen (secondary N) is 2. The van der Waals surface area contributed by atoms with E-state index in [0.29, 0.717) is 6.54 Å². The quantitative estimate of drug-likeness (QED) is 0.653. The number of aryl methyl sites for hydroxylation is 1. The minimum Gasteiger partial charge on any atom is -0.473 e. The maximum absolute atomic E-state index is 11.7. The number of benzene rings is 2. The van der Waals surface area contributed by atoms with Crippen molar-refractivity contribution in [2.45, 2.75) is 32.9 Å². The van der Waals surface area contributed by atoms with Gasteiger partial charge >= 0.3 is 6.03 Å². The Balaban J connectivity index is 1.67. The Bertz CT molecular complexity index is 624. The van der Waals surface area contributed by atoms with E-state index in [-0.39, 0.29) is 19.4 Å². The molecule has 0 saturated heterocycles. The molecule has 3 N–H and O–H groups in total. The minimum atomic E-state index is -0.288. The first-order chi connectivity index (χ1) is 11.7. The number of carbonyl (C=O) groups excluding carboxylic acids is 1. The summed E-state index contributed by atoms with van der Waals surface area (Å²) in [7, 11) is 0. The summed E-state index contributed by atoms with van der Waals surface area (Å²) < 4.78 is 5.49. The monoisotopic (exact) mass is 328 g/mol. The Kier molecular flexibility index (Phi) is 7.11. The molecule has 5 heteroatoms. The predicted molar refractivity (Wildman–Crippen MR) is 93.7 cm³/mol. The summed E-state index contributed by atoms with van der Waals surface area (Å²) >= 11 is 0. The van der Waals surface area contributed by atoms with Gasteiger partial charge in [-0.1, -0.05) is 49.7 Å². The highest BCUT2D eigenvalue weighted by atomic mass is 16.5. The van der Waals surface area contributed by atoms with E-state index in [2.05, 4.69) is 17.6 Å². The van der Waals surface area contributed by atoms with Crippen molar-refractivity contribution in [1.82, 2.24) is 10.6 Å². The molecule has 0 unspecified atom stereocenters. The number of amides is 2. The molecule has 5 nitrogen and oxygen atoms in total. The fourth-order valence-corrected chi connectivity index (χ4v) is 2.23. The van der Waals surface area contributed by atoms with Crippen LogP contribution in [0.5, 0.6) is 5.75 Å². The zero-order valence-electron chi connectivity index (χ0n) is 13.9. The Labute approximate surface area is 142 Å². The maximum atomic E-state index is 11.7. The largest absolute Gasteiger partial charge is 0.473 e. The molecule has 0 fully saturated rings. The topological polar surface area (TPSA) is 70.6 Å². The van der Waals surface area contributed by atoms with Crippen LogP contribution in [-0.2, 0) is 19.6 Å². The van der Waals surface area contributed by atoms with Crippen molar-refractivity contribution in [2.24, 2.45) is 0 Å². The summed E-state index contributed by atoms with van der Waals surface area (Å²) in [5.74, 6) is 0.731. The number of ether oxygens (including phenoxy) is 1. The molecule has 0 aromatic heterocycles. The molecule has 0 aliphatic rings. The van der Waals surface area contributed by atoms with Crippen molar-refractivity contribution in [3.63, 3.8) is 0 Å². The van der Waals surface area contributed by atoms with Crippen LogP contribution in [0.1, 0.15) is 30.0 Å². The summed E-state index contributed by atoms with van der Waals surface area (Å²) in [6.45, 7) is 2.70. The van der Waals surface area contributed by atoms with Gasteiger partial charge < -0.3 is 20.5 Å². The number of aliphatic hydroxyl groups excluding tert-OH is 1. The fourth-order valence-electron chi connectivity index (χ4n) is 2.23. The van der Waals surface area contributed by atoms with Gasteiger partial charge in [-0.3, -0.25) is 0 Å². The van der Waals surface area contributed by atoms with Crippen molar-refractivity contribution < 1.29 is 14.6 Å². The van der Waals surface area contributed by atoms with E-state index in [1.165, 1.54) is 5.56 Å². The van der Waals surface area contributed by atoms with Crippen molar-refractivity contribution in [3.05, 3.63) is 65.2 Å². The predicted octanol–water partition coefficient (Wildman–Crippen LogP) is 2.97. The summed E-state index contributed by atoms with van der Waals surface area (Å²) in [5, 5.41) is 14.4. The van der Waals surface area contributed by atoms with Crippen molar-refractivity contribution in [1.29, 1.82) is 0 Å². The maximum Gasteiger partial charge on any atom is 0.317 e. The molecule has 0 spiro atoms. The Hall–Kier alpha value is -2.53. The third-order valence-corrected chi connectivity index (χ3v) is 3.59. The molecule has 0 aliphatic heterocycles. The molecule has 2 amide bonds. The van der Waals surface area contributed by atoms with Gasteiger partial charge in [0.05, 0.1) is 6.61 Å². The molecule has 2 aromatic rings. The van der Waals surface area contributed by atoms with Gasteiger partial charge in [0, 0.05) is 6.54 Å². The Morgan fingerprint density at radius 1 is 0.958 bits per heavy atom. The van der Waals surface area contributed by atoms with Crippen LogP contribution < -0.4 is 15.4 Å². The van der Waals surface area contributed by atoms with Crippen LogP contribution in [-0.4, -0.2) is 17.9 Å². The molecule has 0 radical (unpaired) electrons. The third-order valence-electron chi connectivity index (χ3n) is 3.59. The van der Waals surface area contributed by atoms with E-state index < -0.39 is 0 Å². The van der Waals surface area contributed by atoms with Crippen LogP contribution >= 0.6 is 0 Å². The molecule has 0 saturated carbocycles. The first-order valence-corrected chi connectivity index (χ1v) is 8.13. The molecule has 24 heavy (non-hydrogen) atoms. The molecule has 128 valence electrons. The van der Waals surface area contributed by atoms with Gasteiger partial charge in [-0.05, 0) is 35.2 Å². The smallest absolute Gasteiger partial charge is 0.317 e. The average molecular weight is 328 g/mol. The second kappa shape index (κ2) is 9.57. The summed E-state index contributed by atoms with van der Waals surface area (Å²) in [6.07, 6.45) is 2.17. The van der Waals surface area contributed by atoms with E-state index in [4.69, 9.17) is 9.84 Å². The van der Waals surface area contributed by atoms with Gasteiger partial charge in [0.25, 0.3) is 0 Å². The van der Waals surface area contributed by atoms with Gasteiger partial charge in [-0.2, -0.15) is 0 Å². The normalized spacial score (nSPS) is 10.2. The van der Waals surface area contributed by atoms with Crippen molar-refractivity contribution >= 4 is 6.03 Å². The molecular formula is C19H24N2O3. The average Bonchev–Trinajstić information content (AvgIpc) is 2.62. The fraction of sp³-hybridized carbons (Fsp3) is 0.316. The van der Waals surface area contributed by atoms with E-state index in [9.17, 15) is 4.79 Å². The number of hydrogen-bond acceptors (Lipinski definition) is 3. The van der Waals surface area contributed by atoms with E-state index >= 15 is 0 Å². The highest BCUT2D eigenvalue weighted by Gasteiger charge is 2.01. The number of aliphatic hydroxyl groups is 1. The molecule has 0 bridgehead atoms. The highest BCUT2D eigenvalue weighted by molar-refractivity contribution is 5.73. The Morgan fingerprint density at radius 3 is 2.21 bits per heavy atom. The van der Waals surface area contributed by atoms with Crippen LogP contribution in [0, 0.1) is 0 Å². The minimum absolute atomic E-state index is 0.0188. The lowest BCUT2D eigenvalue weighted by atomic mass is 10.1. The highest BCUT2D eigenvalue weighted by Crippen LogP contribution is 2.12. The van der Waals surface area contributed by atoms with Gasteiger partial charge in [-0.15, -0.1) is 0 Å². The lowest BCUT2D eigenvalue weighted by molar-refractivity contribution is 0.223. The van der Waals surface area contributed by atoms with Crippen molar-refractivity contribution in [2.75, 3.05) is 6.73 Å². The second-order valence-electron chi connectivity index (χ2n) is 5.52. The number of hydrogen-bond donors (Lipinski definition) is 3. The van der Waals surface area contributed by atoms with Gasteiger partial charge in [0.15, 0.2) is 6.73 Å². The van der Waals surface area contributed by atoms with Crippen LogP contribution in [0.15, 0.2) is 48.5 Å². The molecule has 0 heterocycles. The van der Waals surface area contributed by atoms with Crippen LogP contribution in [0.2, 0.25) is 0 Å². The van der Waals surface area contributed by atoms with E-state index in [1.807, 2.05) is 48.5 Å². The SMILES string of the molecule is CCCc1ccc(OCNC(=O)NCc2ccc(CO)cc2)cc1. The van der Waals surface area contributed by atoms with Gasteiger partial charge in [0.1, 0.15) is 5.75 Å². The molecule has 0 atom stereocenters. The number of rotatable bonds is 8. The lowest BCUT2D eigenvalue weighted by Crippen LogP contribution is -2.37. The zero-order chi connectivity index (χ0) is 17.2. The summed E-state index contributed by atoms with van der Waals surface area (Å²) in [6, 6.07) is 15.0. The number of carbonyl (C=O) groups is 1. The standard InChI is InChI=1S/C19H24N2O3/c1-2-3-15-8-10-18(11-9-15)24-14-21-19(23)20-12-16-4-6-17(13-22)7-5-16/h4-11,22H,2-3,12-14H2,1H3,(H2,20,21,23). The first kappa shape index (κ1) is 17.8.